The fourth-order valence-electron chi connectivity index (χ4n) is 2.41. The third kappa shape index (κ3) is 4.21. The predicted molar refractivity (Wildman–Crippen MR) is 76.3 cm³/mol. The molecule has 1 aliphatic heterocycles. The van der Waals surface area contributed by atoms with Gasteiger partial charge in [-0.25, -0.2) is 4.79 Å². The van der Waals surface area contributed by atoms with Crippen LogP contribution >= 0.6 is 0 Å². The van der Waals surface area contributed by atoms with E-state index in [0.29, 0.717) is 12.6 Å². The number of aromatic nitrogens is 1. The summed E-state index contributed by atoms with van der Waals surface area (Å²) in [6.45, 7) is 3.80. The number of urea groups is 1. The van der Waals surface area contributed by atoms with Gasteiger partial charge in [0.2, 0.25) is 0 Å². The number of hydrogen-bond acceptors (Lipinski definition) is 3. The molecule has 1 fully saturated rings. The quantitative estimate of drug-likeness (QED) is 0.872. The zero-order valence-corrected chi connectivity index (χ0v) is 11.6. The third-order valence-corrected chi connectivity index (χ3v) is 3.60. The molecular weight excluding hydrogens is 240 g/mol. The van der Waals surface area contributed by atoms with Crippen LogP contribution in [0.4, 0.5) is 10.5 Å². The van der Waals surface area contributed by atoms with E-state index in [1.807, 2.05) is 19.1 Å². The van der Waals surface area contributed by atoms with Gasteiger partial charge in [0.1, 0.15) is 0 Å². The average Bonchev–Trinajstić information content (AvgIpc) is 2.78. The normalized spacial score (nSPS) is 19.4. The maximum atomic E-state index is 11.7. The molecule has 0 aromatic carbocycles. The number of aryl methyl sites for hydroxylation is 1. The standard InChI is InChI=1S/C14H22N4O/c1-11-5-6-12(10-16-11)17-14(19)15-8-7-13-4-3-9-18(13)2/h5-6,10,13H,3-4,7-9H2,1-2H3,(H2,15,17,19). The smallest absolute Gasteiger partial charge is 0.319 e. The Morgan fingerprint density at radius 2 is 2.37 bits per heavy atom. The Morgan fingerprint density at radius 3 is 3.00 bits per heavy atom. The molecule has 1 unspecified atom stereocenters. The largest absolute Gasteiger partial charge is 0.338 e. The molecule has 0 spiro atoms. The van der Waals surface area contributed by atoms with E-state index in [0.717, 1.165) is 17.8 Å². The Labute approximate surface area is 114 Å². The van der Waals surface area contributed by atoms with Gasteiger partial charge in [-0.1, -0.05) is 0 Å². The summed E-state index contributed by atoms with van der Waals surface area (Å²) in [5.41, 5.74) is 1.66. The minimum atomic E-state index is -0.161. The van der Waals surface area contributed by atoms with Gasteiger partial charge >= 0.3 is 6.03 Å². The summed E-state index contributed by atoms with van der Waals surface area (Å²) < 4.78 is 0. The first-order chi connectivity index (χ1) is 9.15. The van der Waals surface area contributed by atoms with E-state index in [4.69, 9.17) is 0 Å². The van der Waals surface area contributed by atoms with Crippen molar-refractivity contribution >= 4 is 11.7 Å². The van der Waals surface area contributed by atoms with Crippen molar-refractivity contribution < 1.29 is 4.79 Å². The highest BCUT2D eigenvalue weighted by Gasteiger charge is 2.20. The molecule has 2 amide bonds. The van der Waals surface area contributed by atoms with Crippen molar-refractivity contribution in [3.8, 4) is 0 Å². The minimum absolute atomic E-state index is 0.161. The molecule has 0 radical (unpaired) electrons. The molecule has 1 saturated heterocycles. The van der Waals surface area contributed by atoms with E-state index >= 15 is 0 Å². The maximum absolute atomic E-state index is 11.7. The van der Waals surface area contributed by atoms with Crippen molar-refractivity contribution in [2.45, 2.75) is 32.2 Å². The molecule has 1 aromatic heterocycles. The molecule has 104 valence electrons. The van der Waals surface area contributed by atoms with Crippen LogP contribution in [-0.2, 0) is 0 Å². The lowest BCUT2D eigenvalue weighted by atomic mass is 10.1. The van der Waals surface area contributed by atoms with Gasteiger partial charge in [0.05, 0.1) is 11.9 Å². The van der Waals surface area contributed by atoms with Crippen LogP contribution in [0.2, 0.25) is 0 Å². The fourth-order valence-corrected chi connectivity index (χ4v) is 2.41. The van der Waals surface area contributed by atoms with Gasteiger partial charge in [0.15, 0.2) is 0 Å². The van der Waals surface area contributed by atoms with E-state index in [2.05, 4.69) is 27.6 Å². The van der Waals surface area contributed by atoms with Crippen LogP contribution in [-0.4, -0.2) is 42.1 Å². The number of carbonyl (C=O) groups excluding carboxylic acids is 1. The van der Waals surface area contributed by atoms with Crippen molar-refractivity contribution in [1.82, 2.24) is 15.2 Å². The first-order valence-electron chi connectivity index (χ1n) is 6.83. The number of rotatable bonds is 4. The molecule has 19 heavy (non-hydrogen) atoms. The minimum Gasteiger partial charge on any atom is -0.338 e. The highest BCUT2D eigenvalue weighted by atomic mass is 16.2. The van der Waals surface area contributed by atoms with Crippen LogP contribution in [0.15, 0.2) is 18.3 Å². The molecule has 0 aliphatic carbocycles. The first-order valence-corrected chi connectivity index (χ1v) is 6.83. The van der Waals surface area contributed by atoms with Crippen molar-refractivity contribution in [2.24, 2.45) is 0 Å². The summed E-state index contributed by atoms with van der Waals surface area (Å²) in [5.74, 6) is 0. The second kappa shape index (κ2) is 6.52. The Kier molecular flexibility index (Phi) is 4.74. The van der Waals surface area contributed by atoms with Gasteiger partial charge in [-0.15, -0.1) is 0 Å². The number of pyridine rings is 1. The molecule has 5 nitrogen and oxygen atoms in total. The van der Waals surface area contributed by atoms with Crippen LogP contribution in [0.5, 0.6) is 0 Å². The molecule has 5 heteroatoms. The topological polar surface area (TPSA) is 57.3 Å². The van der Waals surface area contributed by atoms with E-state index < -0.39 is 0 Å². The van der Waals surface area contributed by atoms with Crippen LogP contribution in [0, 0.1) is 6.92 Å². The molecule has 2 heterocycles. The lowest BCUT2D eigenvalue weighted by Gasteiger charge is -2.19. The number of nitrogens with one attached hydrogen (secondary N) is 2. The number of carbonyl (C=O) groups is 1. The molecule has 1 aliphatic rings. The number of amides is 2. The van der Waals surface area contributed by atoms with Crippen LogP contribution in [0.1, 0.15) is 25.0 Å². The van der Waals surface area contributed by atoms with Gasteiger partial charge in [0.25, 0.3) is 0 Å². The van der Waals surface area contributed by atoms with Crippen molar-refractivity contribution in [1.29, 1.82) is 0 Å². The molecule has 1 aromatic rings. The molecule has 2 rings (SSSR count). The van der Waals surface area contributed by atoms with Crippen molar-refractivity contribution in [3.05, 3.63) is 24.0 Å². The molecule has 0 saturated carbocycles. The highest BCUT2D eigenvalue weighted by molar-refractivity contribution is 5.88. The van der Waals surface area contributed by atoms with Crippen LogP contribution in [0.3, 0.4) is 0 Å². The van der Waals surface area contributed by atoms with Gasteiger partial charge in [0, 0.05) is 18.3 Å². The zero-order valence-electron chi connectivity index (χ0n) is 11.6. The number of hydrogen-bond donors (Lipinski definition) is 2. The maximum Gasteiger partial charge on any atom is 0.319 e. The van der Waals surface area contributed by atoms with E-state index in [-0.39, 0.29) is 6.03 Å². The lowest BCUT2D eigenvalue weighted by Crippen LogP contribution is -2.34. The second-order valence-corrected chi connectivity index (χ2v) is 5.13. The monoisotopic (exact) mass is 262 g/mol. The fraction of sp³-hybridized carbons (Fsp3) is 0.571. The Bertz CT molecular complexity index is 418. The number of likely N-dealkylation sites (tertiary alicyclic amines) is 1. The average molecular weight is 262 g/mol. The highest BCUT2D eigenvalue weighted by Crippen LogP contribution is 2.16. The van der Waals surface area contributed by atoms with Gasteiger partial charge in [-0.3, -0.25) is 4.98 Å². The van der Waals surface area contributed by atoms with Crippen LogP contribution < -0.4 is 10.6 Å². The molecule has 1 atom stereocenters. The molecule has 2 N–H and O–H groups in total. The van der Waals surface area contributed by atoms with E-state index in [1.54, 1.807) is 6.20 Å². The molecular formula is C14H22N4O. The zero-order chi connectivity index (χ0) is 13.7. The van der Waals surface area contributed by atoms with Crippen LogP contribution in [0.25, 0.3) is 0 Å². The van der Waals surface area contributed by atoms with E-state index in [1.165, 1.54) is 19.4 Å². The summed E-state index contributed by atoms with van der Waals surface area (Å²) in [4.78, 5) is 18.2. The Morgan fingerprint density at radius 1 is 1.53 bits per heavy atom. The molecule has 0 bridgehead atoms. The summed E-state index contributed by atoms with van der Waals surface area (Å²) in [6.07, 6.45) is 5.18. The summed E-state index contributed by atoms with van der Waals surface area (Å²) in [6, 6.07) is 4.18. The Hall–Kier alpha value is -1.62. The summed E-state index contributed by atoms with van der Waals surface area (Å²) in [5, 5.41) is 5.67. The van der Waals surface area contributed by atoms with Gasteiger partial charge < -0.3 is 15.5 Å². The third-order valence-electron chi connectivity index (χ3n) is 3.60. The summed E-state index contributed by atoms with van der Waals surface area (Å²) >= 11 is 0. The SMILES string of the molecule is Cc1ccc(NC(=O)NCCC2CCCN2C)cn1. The Balaban J connectivity index is 1.68. The van der Waals surface area contributed by atoms with Gasteiger partial charge in [-0.2, -0.15) is 0 Å². The van der Waals surface area contributed by atoms with Crippen molar-refractivity contribution in [3.63, 3.8) is 0 Å². The van der Waals surface area contributed by atoms with Gasteiger partial charge in [-0.05, 0) is 51.9 Å². The number of nitrogens with zero attached hydrogens (tertiary/aromatic N) is 2. The summed E-state index contributed by atoms with van der Waals surface area (Å²) in [7, 11) is 2.15. The van der Waals surface area contributed by atoms with Crippen molar-refractivity contribution in [2.75, 3.05) is 25.5 Å². The first kappa shape index (κ1) is 13.8. The predicted octanol–water partition coefficient (Wildman–Crippen LogP) is 2.00. The van der Waals surface area contributed by atoms with E-state index in [9.17, 15) is 4.79 Å². The lowest BCUT2D eigenvalue weighted by molar-refractivity contribution is 0.248. The second-order valence-electron chi connectivity index (χ2n) is 5.13. The number of anilines is 1.